The molecule has 8 nitrogen and oxygen atoms in total. The lowest BCUT2D eigenvalue weighted by Crippen LogP contribution is -2.47. The van der Waals surface area contributed by atoms with E-state index in [0.717, 1.165) is 5.56 Å². The lowest BCUT2D eigenvalue weighted by Gasteiger charge is -2.35. The van der Waals surface area contributed by atoms with Crippen LogP contribution in [0.2, 0.25) is 0 Å². The number of benzene rings is 2. The summed E-state index contributed by atoms with van der Waals surface area (Å²) in [6.45, 7) is 4.12. The van der Waals surface area contributed by atoms with Crippen molar-refractivity contribution in [3.05, 3.63) is 60.2 Å². The summed E-state index contributed by atoms with van der Waals surface area (Å²) in [5.74, 6) is -0.207. The zero-order valence-electron chi connectivity index (χ0n) is 18.1. The molecule has 2 aromatic rings. The van der Waals surface area contributed by atoms with E-state index >= 15 is 0 Å². The van der Waals surface area contributed by atoms with Crippen molar-refractivity contribution in [1.82, 2.24) is 14.1 Å². The standard InChI is InChI=1S/C23H28N4O4S/c1-18(28)24-20-7-9-22(10-8-20)32(30,31)26-13-11-21(12-14-26)27-16-15-25(23(27)29)17-19-5-3-2-4-6-19/h2-10,21H,11-17H2,1H3,(H,24,28). The minimum atomic E-state index is -3.61. The summed E-state index contributed by atoms with van der Waals surface area (Å²) < 4.78 is 27.5. The summed E-state index contributed by atoms with van der Waals surface area (Å²) in [7, 11) is -3.61. The molecule has 0 spiro atoms. The Bertz CT molecular complexity index is 1060. The average Bonchev–Trinajstić information content (AvgIpc) is 3.14. The summed E-state index contributed by atoms with van der Waals surface area (Å²) in [6.07, 6.45) is 1.24. The van der Waals surface area contributed by atoms with Crippen molar-refractivity contribution in [3.8, 4) is 0 Å². The first-order chi connectivity index (χ1) is 15.3. The first-order valence-corrected chi connectivity index (χ1v) is 12.3. The molecule has 2 fully saturated rings. The van der Waals surface area contributed by atoms with Gasteiger partial charge in [-0.15, -0.1) is 0 Å². The van der Waals surface area contributed by atoms with Gasteiger partial charge in [-0.3, -0.25) is 4.79 Å². The molecule has 2 aliphatic rings. The zero-order chi connectivity index (χ0) is 22.7. The first kappa shape index (κ1) is 22.3. The van der Waals surface area contributed by atoms with Crippen LogP contribution in [0, 0.1) is 0 Å². The Morgan fingerprint density at radius 2 is 1.62 bits per heavy atom. The fraction of sp³-hybridized carbons (Fsp3) is 0.391. The second kappa shape index (κ2) is 9.30. The van der Waals surface area contributed by atoms with E-state index in [1.807, 2.05) is 40.1 Å². The van der Waals surface area contributed by atoms with Gasteiger partial charge in [0.1, 0.15) is 0 Å². The highest BCUT2D eigenvalue weighted by Gasteiger charge is 2.37. The highest BCUT2D eigenvalue weighted by atomic mass is 32.2. The van der Waals surface area contributed by atoms with Gasteiger partial charge in [-0.1, -0.05) is 30.3 Å². The third kappa shape index (κ3) is 4.78. The van der Waals surface area contributed by atoms with Crippen LogP contribution in [0.5, 0.6) is 0 Å². The number of nitrogens with one attached hydrogen (secondary N) is 1. The lowest BCUT2D eigenvalue weighted by molar-refractivity contribution is -0.114. The van der Waals surface area contributed by atoms with Gasteiger partial charge in [-0.25, -0.2) is 13.2 Å². The Balaban J connectivity index is 1.34. The van der Waals surface area contributed by atoms with Crippen LogP contribution in [0.25, 0.3) is 0 Å². The van der Waals surface area contributed by atoms with E-state index < -0.39 is 10.0 Å². The number of anilines is 1. The number of hydrogen-bond acceptors (Lipinski definition) is 4. The average molecular weight is 457 g/mol. The molecular formula is C23H28N4O4S. The molecule has 2 heterocycles. The van der Waals surface area contributed by atoms with E-state index in [0.29, 0.717) is 51.3 Å². The molecule has 0 aliphatic carbocycles. The van der Waals surface area contributed by atoms with Crippen molar-refractivity contribution in [2.75, 3.05) is 31.5 Å². The third-order valence-electron chi connectivity index (χ3n) is 6.02. The monoisotopic (exact) mass is 456 g/mol. The Labute approximate surface area is 188 Å². The number of hydrogen-bond donors (Lipinski definition) is 1. The minimum Gasteiger partial charge on any atom is -0.326 e. The minimum absolute atomic E-state index is 0.0312. The van der Waals surface area contributed by atoms with Crippen molar-refractivity contribution < 1.29 is 18.0 Å². The first-order valence-electron chi connectivity index (χ1n) is 10.8. The van der Waals surface area contributed by atoms with Crippen molar-refractivity contribution in [3.63, 3.8) is 0 Å². The van der Waals surface area contributed by atoms with Crippen LogP contribution in [0.4, 0.5) is 10.5 Å². The van der Waals surface area contributed by atoms with E-state index in [1.54, 1.807) is 12.1 Å². The molecule has 1 N–H and O–H groups in total. The number of urea groups is 1. The number of carbonyl (C=O) groups excluding carboxylic acids is 2. The topological polar surface area (TPSA) is 90.0 Å². The summed E-state index contributed by atoms with van der Waals surface area (Å²) in [6, 6.07) is 16.2. The predicted octanol–water partition coefficient (Wildman–Crippen LogP) is 2.74. The van der Waals surface area contributed by atoms with Crippen LogP contribution in [0.1, 0.15) is 25.3 Å². The highest BCUT2D eigenvalue weighted by Crippen LogP contribution is 2.26. The van der Waals surface area contributed by atoms with Crippen LogP contribution in [0.3, 0.4) is 0 Å². The Hall–Kier alpha value is -2.91. The van der Waals surface area contributed by atoms with Crippen LogP contribution in [-0.2, 0) is 21.4 Å². The van der Waals surface area contributed by atoms with Crippen molar-refractivity contribution in [2.45, 2.75) is 37.2 Å². The van der Waals surface area contributed by atoms with E-state index in [9.17, 15) is 18.0 Å². The van der Waals surface area contributed by atoms with Crippen molar-refractivity contribution in [1.29, 1.82) is 0 Å². The Morgan fingerprint density at radius 1 is 0.969 bits per heavy atom. The maximum atomic E-state index is 13.0. The second-order valence-electron chi connectivity index (χ2n) is 8.22. The number of piperidine rings is 1. The van der Waals surface area contributed by atoms with Crippen LogP contribution in [0.15, 0.2) is 59.5 Å². The zero-order valence-corrected chi connectivity index (χ0v) is 18.9. The van der Waals surface area contributed by atoms with Gasteiger partial charge in [-0.05, 0) is 42.7 Å². The lowest BCUT2D eigenvalue weighted by atomic mass is 10.1. The van der Waals surface area contributed by atoms with Gasteiger partial charge in [-0.2, -0.15) is 4.31 Å². The van der Waals surface area contributed by atoms with Crippen LogP contribution in [-0.4, -0.2) is 66.7 Å². The summed E-state index contributed by atoms with van der Waals surface area (Å²) in [4.78, 5) is 28.0. The normalized spacial score (nSPS) is 18.2. The molecule has 0 radical (unpaired) electrons. The Kier molecular flexibility index (Phi) is 6.48. The molecule has 9 heteroatoms. The second-order valence-corrected chi connectivity index (χ2v) is 10.2. The Morgan fingerprint density at radius 3 is 2.25 bits per heavy atom. The molecule has 0 aromatic heterocycles. The van der Waals surface area contributed by atoms with Gasteiger partial charge in [0.2, 0.25) is 15.9 Å². The highest BCUT2D eigenvalue weighted by molar-refractivity contribution is 7.89. The fourth-order valence-electron chi connectivity index (χ4n) is 4.35. The molecule has 0 saturated carbocycles. The van der Waals surface area contributed by atoms with Crippen LogP contribution < -0.4 is 5.32 Å². The van der Waals surface area contributed by atoms with Gasteiger partial charge < -0.3 is 15.1 Å². The van der Waals surface area contributed by atoms with Crippen molar-refractivity contribution >= 4 is 27.6 Å². The van der Waals surface area contributed by atoms with E-state index in [-0.39, 0.29) is 22.9 Å². The number of rotatable bonds is 6. The van der Waals surface area contributed by atoms with Gasteiger partial charge in [0.05, 0.1) is 4.90 Å². The van der Waals surface area contributed by atoms with Crippen molar-refractivity contribution in [2.24, 2.45) is 0 Å². The number of amides is 3. The molecule has 3 amide bonds. The number of nitrogens with zero attached hydrogens (tertiary/aromatic N) is 3. The summed E-state index contributed by atoms with van der Waals surface area (Å²) in [5.41, 5.74) is 1.66. The van der Waals surface area contributed by atoms with Gasteiger partial charge in [0.25, 0.3) is 0 Å². The maximum Gasteiger partial charge on any atom is 0.320 e. The van der Waals surface area contributed by atoms with Gasteiger partial charge >= 0.3 is 6.03 Å². The van der Waals surface area contributed by atoms with Gasteiger partial charge in [0.15, 0.2) is 0 Å². The molecule has 2 aromatic carbocycles. The molecule has 32 heavy (non-hydrogen) atoms. The molecule has 170 valence electrons. The molecule has 0 unspecified atom stereocenters. The SMILES string of the molecule is CC(=O)Nc1ccc(S(=O)(=O)N2CCC(N3CCN(Cc4ccccc4)C3=O)CC2)cc1. The predicted molar refractivity (Wildman–Crippen MR) is 121 cm³/mol. The number of sulfonamides is 1. The summed E-state index contributed by atoms with van der Waals surface area (Å²) in [5, 5.41) is 2.63. The van der Waals surface area contributed by atoms with Gasteiger partial charge in [0, 0.05) is 51.4 Å². The number of carbonyl (C=O) groups is 2. The third-order valence-corrected chi connectivity index (χ3v) is 7.93. The molecule has 2 saturated heterocycles. The molecule has 2 aliphatic heterocycles. The molecule has 0 atom stereocenters. The maximum absolute atomic E-state index is 13.0. The smallest absolute Gasteiger partial charge is 0.320 e. The van der Waals surface area contributed by atoms with E-state index in [1.165, 1.54) is 23.4 Å². The van der Waals surface area contributed by atoms with E-state index in [4.69, 9.17) is 0 Å². The largest absolute Gasteiger partial charge is 0.326 e. The summed E-state index contributed by atoms with van der Waals surface area (Å²) >= 11 is 0. The van der Waals surface area contributed by atoms with Crippen LogP contribution >= 0.6 is 0 Å². The fourth-order valence-corrected chi connectivity index (χ4v) is 5.82. The molecular weight excluding hydrogens is 428 g/mol. The van der Waals surface area contributed by atoms with E-state index in [2.05, 4.69) is 5.32 Å². The quantitative estimate of drug-likeness (QED) is 0.724. The molecule has 0 bridgehead atoms. The molecule has 4 rings (SSSR count).